The maximum absolute atomic E-state index is 11.9. The summed E-state index contributed by atoms with van der Waals surface area (Å²) in [6, 6.07) is 4.94. The Morgan fingerprint density at radius 3 is 2.74 bits per heavy atom. The van der Waals surface area contributed by atoms with Gasteiger partial charge in [0, 0.05) is 0 Å². The largest absolute Gasteiger partial charge is 0.506 e. The van der Waals surface area contributed by atoms with Crippen molar-refractivity contribution in [2.45, 2.75) is 6.92 Å². The number of aromatic nitrogens is 2. The Morgan fingerprint density at radius 1 is 1.26 bits per heavy atom. The van der Waals surface area contributed by atoms with Crippen LogP contribution < -0.4 is 11.4 Å². The van der Waals surface area contributed by atoms with Crippen LogP contribution >= 0.6 is 0 Å². The van der Waals surface area contributed by atoms with Gasteiger partial charge in [-0.05, 0) is 18.6 Å². The predicted octanol–water partition coefficient (Wildman–Crippen LogP) is 1.44. The topological polar surface area (TPSA) is 115 Å². The van der Waals surface area contributed by atoms with Crippen molar-refractivity contribution >= 4 is 17.0 Å². The molecule has 2 heterocycles. The molecule has 3 rings (SSSR count). The lowest BCUT2D eigenvalue weighted by Gasteiger charge is -2.04. The molecular weight excluding hydrogens is 250 g/mol. The molecule has 0 bridgehead atoms. The summed E-state index contributed by atoms with van der Waals surface area (Å²) < 4.78 is 10.1. The first-order chi connectivity index (χ1) is 9.08. The van der Waals surface area contributed by atoms with Crippen molar-refractivity contribution in [3.8, 4) is 17.2 Å². The zero-order valence-corrected chi connectivity index (χ0v) is 9.88. The lowest BCUT2D eigenvalue weighted by atomic mass is 10.1. The van der Waals surface area contributed by atoms with Crippen molar-refractivity contribution in [1.29, 1.82) is 0 Å². The Balaban J connectivity index is 2.41. The molecule has 3 aromatic rings. The molecule has 2 aromatic heterocycles. The van der Waals surface area contributed by atoms with Gasteiger partial charge in [-0.15, -0.1) is 5.10 Å². The van der Waals surface area contributed by atoms with Crippen LogP contribution in [0.3, 0.4) is 0 Å². The summed E-state index contributed by atoms with van der Waals surface area (Å²) in [5, 5.41) is 17.6. The highest BCUT2D eigenvalue weighted by Crippen LogP contribution is 2.33. The maximum atomic E-state index is 11.9. The molecule has 0 unspecified atom stereocenters. The number of fused-ring (bicyclic) bond motifs is 1. The van der Waals surface area contributed by atoms with E-state index < -0.39 is 5.63 Å². The van der Waals surface area contributed by atoms with Gasteiger partial charge < -0.3 is 19.7 Å². The van der Waals surface area contributed by atoms with Crippen LogP contribution in [0.5, 0.6) is 5.75 Å². The fourth-order valence-corrected chi connectivity index (χ4v) is 1.87. The second kappa shape index (κ2) is 3.84. The van der Waals surface area contributed by atoms with Crippen LogP contribution in [0.2, 0.25) is 0 Å². The van der Waals surface area contributed by atoms with E-state index in [4.69, 9.17) is 14.6 Å². The van der Waals surface area contributed by atoms with Gasteiger partial charge in [-0.3, -0.25) is 0 Å². The molecule has 0 aliphatic heterocycles. The second-order valence-corrected chi connectivity index (χ2v) is 4.01. The number of nitrogens with zero attached hydrogens (tertiary/aromatic N) is 2. The van der Waals surface area contributed by atoms with Crippen LogP contribution in [-0.4, -0.2) is 15.3 Å². The van der Waals surface area contributed by atoms with Crippen LogP contribution in [0.1, 0.15) is 5.56 Å². The smallest absolute Gasteiger partial charge is 0.353 e. The molecule has 0 aliphatic rings. The molecule has 0 radical (unpaired) electrons. The van der Waals surface area contributed by atoms with Gasteiger partial charge in [0.15, 0.2) is 5.56 Å². The van der Waals surface area contributed by atoms with Crippen molar-refractivity contribution in [3.63, 3.8) is 0 Å². The van der Waals surface area contributed by atoms with Crippen molar-refractivity contribution < 1.29 is 13.9 Å². The summed E-state index contributed by atoms with van der Waals surface area (Å²) in [5.41, 5.74) is 5.40. The van der Waals surface area contributed by atoms with Gasteiger partial charge in [0.2, 0.25) is 0 Å². The minimum absolute atomic E-state index is 0.174. The van der Waals surface area contributed by atoms with Gasteiger partial charge in [0.25, 0.3) is 5.89 Å². The highest BCUT2D eigenvalue weighted by atomic mass is 16.4. The Kier molecular flexibility index (Phi) is 2.28. The van der Waals surface area contributed by atoms with E-state index in [2.05, 4.69) is 10.2 Å². The molecule has 3 N–H and O–H groups in total. The van der Waals surface area contributed by atoms with E-state index in [9.17, 15) is 9.90 Å². The number of nitrogen functional groups attached to an aromatic ring is 1. The molecular formula is C12H9N3O4. The second-order valence-electron chi connectivity index (χ2n) is 4.01. The molecule has 0 saturated heterocycles. The Bertz CT molecular complexity index is 835. The van der Waals surface area contributed by atoms with Crippen LogP contribution in [0, 0.1) is 6.92 Å². The fourth-order valence-electron chi connectivity index (χ4n) is 1.87. The first-order valence-corrected chi connectivity index (χ1v) is 5.42. The molecule has 0 aliphatic carbocycles. The van der Waals surface area contributed by atoms with Gasteiger partial charge >= 0.3 is 11.6 Å². The molecule has 0 fully saturated rings. The molecule has 7 heteroatoms. The van der Waals surface area contributed by atoms with Crippen LogP contribution in [0.15, 0.2) is 31.8 Å². The van der Waals surface area contributed by atoms with E-state index in [1.54, 1.807) is 25.1 Å². The van der Waals surface area contributed by atoms with Crippen molar-refractivity contribution in [2.24, 2.45) is 0 Å². The summed E-state index contributed by atoms with van der Waals surface area (Å²) in [6.45, 7) is 1.77. The van der Waals surface area contributed by atoms with Crippen molar-refractivity contribution in [2.75, 3.05) is 5.73 Å². The fraction of sp³-hybridized carbons (Fsp3) is 0.0833. The molecule has 1 aromatic carbocycles. The zero-order valence-electron chi connectivity index (χ0n) is 9.88. The lowest BCUT2D eigenvalue weighted by Crippen LogP contribution is -2.04. The van der Waals surface area contributed by atoms with Gasteiger partial charge in [-0.2, -0.15) is 0 Å². The third kappa shape index (κ3) is 1.63. The normalized spacial score (nSPS) is 11.0. The van der Waals surface area contributed by atoms with E-state index in [0.29, 0.717) is 11.0 Å². The third-order valence-electron chi connectivity index (χ3n) is 2.76. The molecule has 0 atom stereocenters. The van der Waals surface area contributed by atoms with Crippen LogP contribution in [-0.2, 0) is 0 Å². The number of aryl methyl sites for hydroxylation is 1. The van der Waals surface area contributed by atoms with Crippen molar-refractivity contribution in [1.82, 2.24) is 10.2 Å². The average molecular weight is 259 g/mol. The molecule has 7 nitrogen and oxygen atoms in total. The van der Waals surface area contributed by atoms with Gasteiger partial charge in [-0.1, -0.05) is 17.2 Å². The van der Waals surface area contributed by atoms with Gasteiger partial charge in [0.05, 0.1) is 5.39 Å². The lowest BCUT2D eigenvalue weighted by molar-refractivity contribution is 0.465. The van der Waals surface area contributed by atoms with Crippen molar-refractivity contribution in [3.05, 3.63) is 34.2 Å². The first-order valence-electron chi connectivity index (χ1n) is 5.42. The van der Waals surface area contributed by atoms with Gasteiger partial charge in [0.1, 0.15) is 11.3 Å². The van der Waals surface area contributed by atoms with E-state index in [1.807, 2.05) is 0 Å². The first kappa shape index (κ1) is 11.3. The number of rotatable bonds is 1. The quantitative estimate of drug-likeness (QED) is 0.635. The highest BCUT2D eigenvalue weighted by molar-refractivity contribution is 5.90. The SMILES string of the molecule is Cc1cccc2c(O)c(-c3nnc(N)o3)c(=O)oc12. The van der Waals surface area contributed by atoms with E-state index in [0.717, 1.165) is 5.56 Å². The molecule has 96 valence electrons. The molecule has 0 amide bonds. The number of hydrogen-bond donors (Lipinski definition) is 2. The molecule has 19 heavy (non-hydrogen) atoms. The summed E-state index contributed by atoms with van der Waals surface area (Å²) in [6.07, 6.45) is 0. The van der Waals surface area contributed by atoms with Crippen LogP contribution in [0.25, 0.3) is 22.4 Å². The number of anilines is 1. The van der Waals surface area contributed by atoms with E-state index in [1.165, 1.54) is 0 Å². The Hall–Kier alpha value is -2.83. The number of para-hydroxylation sites is 1. The Morgan fingerprint density at radius 2 is 2.05 bits per heavy atom. The van der Waals surface area contributed by atoms with E-state index >= 15 is 0 Å². The number of benzene rings is 1. The number of hydrogen-bond acceptors (Lipinski definition) is 7. The minimum atomic E-state index is -0.761. The Labute approximate surface area is 106 Å². The summed E-state index contributed by atoms with van der Waals surface area (Å²) >= 11 is 0. The summed E-state index contributed by atoms with van der Waals surface area (Å²) in [4.78, 5) is 11.9. The zero-order chi connectivity index (χ0) is 13.6. The third-order valence-corrected chi connectivity index (χ3v) is 2.76. The van der Waals surface area contributed by atoms with E-state index in [-0.39, 0.29) is 23.2 Å². The monoisotopic (exact) mass is 259 g/mol. The van der Waals surface area contributed by atoms with Gasteiger partial charge in [-0.25, -0.2) is 4.79 Å². The summed E-state index contributed by atoms with van der Waals surface area (Å²) in [5.74, 6) is -0.439. The summed E-state index contributed by atoms with van der Waals surface area (Å²) in [7, 11) is 0. The number of nitrogens with two attached hydrogens (primary N) is 1. The standard InChI is InChI=1S/C12H9N3O4/c1-5-3-2-4-6-8(16)7(11(17)18-9(5)6)10-14-15-12(13)19-10/h2-4,16H,1H3,(H2,13,15). The number of aromatic hydroxyl groups is 1. The minimum Gasteiger partial charge on any atom is -0.506 e. The van der Waals surface area contributed by atoms with Crippen LogP contribution in [0.4, 0.5) is 6.01 Å². The maximum Gasteiger partial charge on any atom is 0.353 e. The molecule has 0 saturated carbocycles. The highest BCUT2D eigenvalue weighted by Gasteiger charge is 2.21. The predicted molar refractivity (Wildman–Crippen MR) is 66.6 cm³/mol. The molecule has 0 spiro atoms. The average Bonchev–Trinajstić information content (AvgIpc) is 2.77.